The highest BCUT2D eigenvalue weighted by atomic mass is 16.5. The van der Waals surface area contributed by atoms with Crippen LogP contribution in [0.15, 0.2) is 54.6 Å². The Morgan fingerprint density at radius 3 is 2.57 bits per heavy atom. The quantitative estimate of drug-likeness (QED) is 0.540. The molecule has 0 aliphatic carbocycles. The van der Waals surface area contributed by atoms with E-state index >= 15 is 0 Å². The second kappa shape index (κ2) is 9.71. The number of carbonyl (C=O) groups is 2. The summed E-state index contributed by atoms with van der Waals surface area (Å²) in [6.45, 7) is 1.30. The van der Waals surface area contributed by atoms with E-state index in [-0.39, 0.29) is 24.0 Å². The van der Waals surface area contributed by atoms with Crippen molar-refractivity contribution in [3.63, 3.8) is 0 Å². The van der Waals surface area contributed by atoms with E-state index < -0.39 is 6.04 Å². The fraction of sp³-hybridized carbons (Fsp3) is 0.364. The summed E-state index contributed by atoms with van der Waals surface area (Å²) >= 11 is 0. The lowest BCUT2D eigenvalue weighted by Crippen LogP contribution is -2.50. The van der Waals surface area contributed by atoms with Gasteiger partial charge in [0.2, 0.25) is 0 Å². The molecule has 2 aromatic rings. The first-order chi connectivity index (χ1) is 14.7. The molecule has 30 heavy (non-hydrogen) atoms. The minimum absolute atomic E-state index is 0.0415. The minimum Gasteiger partial charge on any atom is -0.491 e. The van der Waals surface area contributed by atoms with Gasteiger partial charge in [0.05, 0.1) is 6.10 Å². The zero-order valence-electron chi connectivity index (χ0n) is 16.6. The first kappa shape index (κ1) is 20.3. The van der Waals surface area contributed by atoms with Gasteiger partial charge < -0.3 is 9.47 Å². The van der Waals surface area contributed by atoms with Crippen molar-refractivity contribution < 1.29 is 19.1 Å². The molecule has 3 unspecified atom stereocenters. The van der Waals surface area contributed by atoms with Crippen molar-refractivity contribution in [2.24, 2.45) is 0 Å². The molecule has 0 spiro atoms. The van der Waals surface area contributed by atoms with Crippen LogP contribution in [0.1, 0.15) is 41.2 Å². The van der Waals surface area contributed by atoms with Crippen LogP contribution in [0.2, 0.25) is 0 Å². The molecular formula is C22H26N4O4. The molecule has 2 amide bonds. The summed E-state index contributed by atoms with van der Waals surface area (Å²) in [4.78, 5) is 24.7. The molecule has 0 bridgehead atoms. The van der Waals surface area contributed by atoms with Crippen LogP contribution < -0.4 is 26.4 Å². The van der Waals surface area contributed by atoms with E-state index in [1.54, 1.807) is 24.3 Å². The lowest BCUT2D eigenvalue weighted by molar-refractivity contribution is -0.123. The predicted molar refractivity (Wildman–Crippen MR) is 110 cm³/mol. The molecule has 4 rings (SSSR count). The highest BCUT2D eigenvalue weighted by Crippen LogP contribution is 2.21. The van der Waals surface area contributed by atoms with Gasteiger partial charge in [-0.15, -0.1) is 0 Å². The van der Waals surface area contributed by atoms with Crippen molar-refractivity contribution in [1.29, 1.82) is 0 Å². The first-order valence-electron chi connectivity index (χ1n) is 10.2. The Labute approximate surface area is 175 Å². The number of carbonyl (C=O) groups excluding carboxylic acids is 2. The fourth-order valence-corrected chi connectivity index (χ4v) is 3.58. The van der Waals surface area contributed by atoms with Crippen LogP contribution in [-0.4, -0.2) is 37.2 Å². The van der Waals surface area contributed by atoms with Crippen molar-refractivity contribution in [3.05, 3.63) is 65.7 Å². The molecule has 0 aromatic heterocycles. The predicted octanol–water partition coefficient (Wildman–Crippen LogP) is 1.61. The molecule has 2 saturated heterocycles. The summed E-state index contributed by atoms with van der Waals surface area (Å²) in [5, 5.41) is 0. The highest BCUT2D eigenvalue weighted by Gasteiger charge is 2.30. The van der Waals surface area contributed by atoms with E-state index in [9.17, 15) is 9.59 Å². The Morgan fingerprint density at radius 1 is 1.03 bits per heavy atom. The average molecular weight is 410 g/mol. The van der Waals surface area contributed by atoms with Gasteiger partial charge in [0.1, 0.15) is 18.4 Å². The van der Waals surface area contributed by atoms with Crippen LogP contribution in [0.3, 0.4) is 0 Å². The van der Waals surface area contributed by atoms with Crippen molar-refractivity contribution >= 4 is 11.8 Å². The normalized spacial score (nSPS) is 23.1. The maximum atomic E-state index is 12.4. The number of rotatable bonds is 6. The number of hydrazine groups is 2. The summed E-state index contributed by atoms with van der Waals surface area (Å²) in [5.41, 5.74) is 12.6. The van der Waals surface area contributed by atoms with Gasteiger partial charge in [-0.2, -0.15) is 0 Å². The number of ether oxygens (including phenoxy) is 2. The highest BCUT2D eigenvalue weighted by molar-refractivity contribution is 5.96. The number of amides is 2. The molecule has 8 heteroatoms. The molecule has 2 fully saturated rings. The summed E-state index contributed by atoms with van der Waals surface area (Å²) in [7, 11) is 0. The van der Waals surface area contributed by atoms with E-state index in [1.807, 2.05) is 30.3 Å². The molecule has 2 aliphatic rings. The molecule has 2 aromatic carbocycles. The molecule has 4 N–H and O–H groups in total. The molecular weight excluding hydrogens is 384 g/mol. The molecule has 0 saturated carbocycles. The van der Waals surface area contributed by atoms with Gasteiger partial charge in [0.25, 0.3) is 11.8 Å². The molecule has 158 valence electrons. The third-order valence-corrected chi connectivity index (χ3v) is 5.30. The molecule has 3 atom stereocenters. The Morgan fingerprint density at radius 2 is 1.83 bits per heavy atom. The molecule has 2 aliphatic heterocycles. The summed E-state index contributed by atoms with van der Waals surface area (Å²) in [6, 6.07) is 16.3. The Kier molecular flexibility index (Phi) is 6.58. The van der Waals surface area contributed by atoms with Gasteiger partial charge in [0, 0.05) is 18.2 Å². The standard InChI is InChI=1S/C22H26N4O4/c27-21(16-8-10-17(11-9-16)30-14-18-7-4-12-29-18)25-26-22(28)20-13-19(23-24-20)15-5-2-1-3-6-15/h1-3,5-6,8-11,18-20,23-24H,4,7,12-14H2,(H,25,27)(H,26,28). The van der Waals surface area contributed by atoms with Crippen molar-refractivity contribution in [3.8, 4) is 5.75 Å². The smallest absolute Gasteiger partial charge is 0.269 e. The first-order valence-corrected chi connectivity index (χ1v) is 10.2. The topological polar surface area (TPSA) is 101 Å². The van der Waals surface area contributed by atoms with Gasteiger partial charge in [-0.05, 0) is 49.1 Å². The summed E-state index contributed by atoms with van der Waals surface area (Å²) in [5.74, 6) is -0.00957. The third-order valence-electron chi connectivity index (χ3n) is 5.30. The lowest BCUT2D eigenvalue weighted by Gasteiger charge is -2.13. The number of benzene rings is 2. The minimum atomic E-state index is -0.441. The van der Waals surface area contributed by atoms with E-state index in [0.29, 0.717) is 24.3 Å². The SMILES string of the molecule is O=C(NNC(=O)C1CC(c2ccccc2)NN1)c1ccc(OCC2CCCO2)cc1. The van der Waals surface area contributed by atoms with Crippen LogP contribution in [0, 0.1) is 0 Å². The number of nitrogens with one attached hydrogen (secondary N) is 4. The van der Waals surface area contributed by atoms with Crippen LogP contribution in [-0.2, 0) is 9.53 Å². The monoisotopic (exact) mass is 410 g/mol. The molecule has 8 nitrogen and oxygen atoms in total. The second-order valence-corrected chi connectivity index (χ2v) is 7.45. The summed E-state index contributed by atoms with van der Waals surface area (Å²) < 4.78 is 11.2. The third kappa shape index (κ3) is 5.15. The van der Waals surface area contributed by atoms with Gasteiger partial charge in [-0.3, -0.25) is 20.4 Å². The van der Waals surface area contributed by atoms with E-state index in [4.69, 9.17) is 9.47 Å². The van der Waals surface area contributed by atoms with Crippen molar-refractivity contribution in [2.45, 2.75) is 37.5 Å². The average Bonchev–Trinajstić information content (AvgIpc) is 3.49. The Bertz CT molecular complexity index is 853. The molecule has 2 heterocycles. The van der Waals surface area contributed by atoms with E-state index in [0.717, 1.165) is 25.0 Å². The van der Waals surface area contributed by atoms with Crippen molar-refractivity contribution in [2.75, 3.05) is 13.2 Å². The Hall–Kier alpha value is -2.94. The van der Waals surface area contributed by atoms with Crippen LogP contribution in [0.25, 0.3) is 0 Å². The van der Waals surface area contributed by atoms with Crippen LogP contribution in [0.4, 0.5) is 0 Å². The maximum absolute atomic E-state index is 12.4. The largest absolute Gasteiger partial charge is 0.491 e. The zero-order valence-corrected chi connectivity index (χ0v) is 16.6. The van der Waals surface area contributed by atoms with Gasteiger partial charge in [-0.1, -0.05) is 30.3 Å². The maximum Gasteiger partial charge on any atom is 0.269 e. The second-order valence-electron chi connectivity index (χ2n) is 7.45. The fourth-order valence-electron chi connectivity index (χ4n) is 3.58. The van der Waals surface area contributed by atoms with Gasteiger partial charge in [-0.25, -0.2) is 10.9 Å². The Balaban J connectivity index is 1.21. The lowest BCUT2D eigenvalue weighted by atomic mass is 10.0. The van der Waals surface area contributed by atoms with Crippen LogP contribution in [0.5, 0.6) is 5.75 Å². The zero-order chi connectivity index (χ0) is 20.8. The number of hydrogen-bond acceptors (Lipinski definition) is 6. The van der Waals surface area contributed by atoms with E-state index in [1.165, 1.54) is 0 Å². The van der Waals surface area contributed by atoms with Gasteiger partial charge in [0.15, 0.2) is 0 Å². The van der Waals surface area contributed by atoms with E-state index in [2.05, 4.69) is 21.7 Å². The van der Waals surface area contributed by atoms with Gasteiger partial charge >= 0.3 is 0 Å². The number of hydrogen-bond donors (Lipinski definition) is 4. The van der Waals surface area contributed by atoms with Crippen LogP contribution >= 0.6 is 0 Å². The van der Waals surface area contributed by atoms with Crippen molar-refractivity contribution in [1.82, 2.24) is 21.7 Å². The molecule has 0 radical (unpaired) electrons. The summed E-state index contributed by atoms with van der Waals surface area (Å²) in [6.07, 6.45) is 2.81.